The Hall–Kier alpha value is -0.790. The van der Waals surface area contributed by atoms with Gasteiger partial charge in [0.1, 0.15) is 0 Å². The first-order chi connectivity index (χ1) is 6.29. The van der Waals surface area contributed by atoms with E-state index in [0.717, 1.165) is 19.3 Å². The number of esters is 1. The second-order valence-corrected chi connectivity index (χ2v) is 4.67. The zero-order valence-corrected chi connectivity index (χ0v) is 7.71. The van der Waals surface area contributed by atoms with Crippen LogP contribution in [0.1, 0.15) is 32.1 Å². The number of cyclic esters (lactones) is 1. The smallest absolute Gasteiger partial charge is 0.313 e. The number of ether oxygens (including phenoxy) is 1. The van der Waals surface area contributed by atoms with Crippen molar-refractivity contribution in [3.8, 4) is 0 Å². The molecular formula is C11H14O2. The van der Waals surface area contributed by atoms with Crippen LogP contribution < -0.4 is 0 Å². The minimum Gasteiger partial charge on any atom is -0.465 e. The molecule has 0 unspecified atom stereocenters. The van der Waals surface area contributed by atoms with Crippen molar-refractivity contribution >= 4 is 5.97 Å². The van der Waals surface area contributed by atoms with Crippen LogP contribution in [0.25, 0.3) is 0 Å². The summed E-state index contributed by atoms with van der Waals surface area (Å²) in [5.41, 5.74) is 0.0839. The van der Waals surface area contributed by atoms with Gasteiger partial charge in [-0.1, -0.05) is 18.6 Å². The van der Waals surface area contributed by atoms with Crippen molar-refractivity contribution in [1.29, 1.82) is 0 Å². The van der Waals surface area contributed by atoms with Crippen LogP contribution in [0.2, 0.25) is 0 Å². The lowest BCUT2D eigenvalue weighted by molar-refractivity contribution is -0.146. The molecule has 0 aromatic rings. The molecule has 0 amide bonds. The van der Waals surface area contributed by atoms with Crippen LogP contribution in [-0.4, -0.2) is 12.6 Å². The van der Waals surface area contributed by atoms with Gasteiger partial charge >= 0.3 is 5.97 Å². The van der Waals surface area contributed by atoms with E-state index in [1.165, 1.54) is 12.8 Å². The summed E-state index contributed by atoms with van der Waals surface area (Å²) < 4.78 is 5.27. The van der Waals surface area contributed by atoms with Gasteiger partial charge in [-0.05, 0) is 25.7 Å². The fourth-order valence-corrected chi connectivity index (χ4v) is 3.46. The lowest BCUT2D eigenvalue weighted by atomic mass is 9.62. The molecule has 1 heterocycles. The van der Waals surface area contributed by atoms with Crippen molar-refractivity contribution in [2.24, 2.45) is 10.8 Å². The molecule has 3 rings (SSSR count). The molecule has 1 saturated carbocycles. The Balaban J connectivity index is 2.13. The molecule has 2 heteroatoms. The first-order valence-corrected chi connectivity index (χ1v) is 5.11. The first kappa shape index (κ1) is 7.60. The Morgan fingerprint density at radius 1 is 1.23 bits per heavy atom. The van der Waals surface area contributed by atoms with Gasteiger partial charge < -0.3 is 4.74 Å². The van der Waals surface area contributed by atoms with Gasteiger partial charge in [-0.15, -0.1) is 0 Å². The summed E-state index contributed by atoms with van der Waals surface area (Å²) in [5.74, 6) is 0.0781. The van der Waals surface area contributed by atoms with Crippen molar-refractivity contribution in [2.45, 2.75) is 32.1 Å². The highest BCUT2D eigenvalue weighted by Crippen LogP contribution is 2.63. The molecule has 2 atom stereocenters. The summed E-state index contributed by atoms with van der Waals surface area (Å²) in [7, 11) is 0. The van der Waals surface area contributed by atoms with E-state index in [-0.39, 0.29) is 16.8 Å². The Bertz CT molecular complexity index is 294. The van der Waals surface area contributed by atoms with E-state index in [1.807, 2.05) is 0 Å². The molecule has 1 saturated heterocycles. The predicted octanol–water partition coefficient (Wildman–Crippen LogP) is 2.05. The zero-order chi connectivity index (χ0) is 8.94. The first-order valence-electron chi connectivity index (χ1n) is 5.11. The van der Waals surface area contributed by atoms with Crippen LogP contribution in [-0.2, 0) is 9.53 Å². The molecule has 13 heavy (non-hydrogen) atoms. The molecule has 0 spiro atoms. The summed E-state index contributed by atoms with van der Waals surface area (Å²) in [5, 5.41) is 0. The lowest BCUT2D eigenvalue weighted by Gasteiger charge is -2.37. The van der Waals surface area contributed by atoms with Crippen LogP contribution in [0.5, 0.6) is 0 Å². The van der Waals surface area contributed by atoms with Crippen molar-refractivity contribution in [3.63, 3.8) is 0 Å². The maximum absolute atomic E-state index is 11.8. The molecule has 2 aliphatic carbocycles. The maximum Gasteiger partial charge on any atom is 0.313 e. The average Bonchev–Trinajstić information content (AvgIpc) is 2.65. The topological polar surface area (TPSA) is 26.3 Å². The van der Waals surface area contributed by atoms with E-state index in [1.54, 1.807) is 0 Å². The SMILES string of the molecule is O=C1OC[C@@]23CC=CC[C@@]12CCC3. The Morgan fingerprint density at radius 3 is 2.92 bits per heavy atom. The molecule has 0 aromatic heterocycles. The minimum absolute atomic E-state index is 0.0781. The summed E-state index contributed by atoms with van der Waals surface area (Å²) in [6.07, 6.45) is 9.81. The average molecular weight is 178 g/mol. The molecule has 2 nitrogen and oxygen atoms in total. The molecule has 0 N–H and O–H groups in total. The summed E-state index contributed by atoms with van der Waals surface area (Å²) in [6, 6.07) is 0. The molecular weight excluding hydrogens is 164 g/mol. The van der Waals surface area contributed by atoms with E-state index < -0.39 is 0 Å². The van der Waals surface area contributed by atoms with Crippen molar-refractivity contribution in [3.05, 3.63) is 12.2 Å². The van der Waals surface area contributed by atoms with Gasteiger partial charge in [0.15, 0.2) is 0 Å². The Labute approximate surface area is 78.0 Å². The quantitative estimate of drug-likeness (QED) is 0.419. The largest absolute Gasteiger partial charge is 0.465 e. The highest BCUT2D eigenvalue weighted by Gasteiger charge is 2.64. The molecule has 0 bridgehead atoms. The minimum atomic E-state index is -0.109. The van der Waals surface area contributed by atoms with E-state index in [9.17, 15) is 4.79 Å². The van der Waals surface area contributed by atoms with Crippen LogP contribution in [0.15, 0.2) is 12.2 Å². The van der Waals surface area contributed by atoms with E-state index in [2.05, 4.69) is 12.2 Å². The van der Waals surface area contributed by atoms with Crippen molar-refractivity contribution in [1.82, 2.24) is 0 Å². The van der Waals surface area contributed by atoms with Gasteiger partial charge in [0.25, 0.3) is 0 Å². The number of hydrogen-bond donors (Lipinski definition) is 0. The second kappa shape index (κ2) is 2.17. The van der Waals surface area contributed by atoms with Gasteiger partial charge in [-0.25, -0.2) is 0 Å². The van der Waals surface area contributed by atoms with Crippen molar-refractivity contribution < 1.29 is 9.53 Å². The third kappa shape index (κ3) is 0.687. The van der Waals surface area contributed by atoms with Crippen molar-refractivity contribution in [2.75, 3.05) is 6.61 Å². The van der Waals surface area contributed by atoms with Gasteiger partial charge in [0.2, 0.25) is 0 Å². The molecule has 2 fully saturated rings. The standard InChI is InChI=1S/C11H14O2/c12-9-11-6-2-1-4-10(11,8-13-9)5-3-7-11/h1-2H,3-8H2/t10-,11+/m0/s1. The fourth-order valence-electron chi connectivity index (χ4n) is 3.46. The molecule has 0 aromatic carbocycles. The normalized spacial score (nSPS) is 47.2. The highest BCUT2D eigenvalue weighted by molar-refractivity contribution is 5.81. The molecule has 1 aliphatic heterocycles. The number of hydrogen-bond acceptors (Lipinski definition) is 2. The van der Waals surface area contributed by atoms with Crippen LogP contribution in [0, 0.1) is 10.8 Å². The third-order valence-corrected chi connectivity index (χ3v) is 4.29. The van der Waals surface area contributed by atoms with Crippen LogP contribution >= 0.6 is 0 Å². The fraction of sp³-hybridized carbons (Fsp3) is 0.727. The monoisotopic (exact) mass is 178 g/mol. The van der Waals surface area contributed by atoms with E-state index >= 15 is 0 Å². The lowest BCUT2D eigenvalue weighted by Crippen LogP contribution is -2.39. The van der Waals surface area contributed by atoms with Crippen LogP contribution in [0.3, 0.4) is 0 Å². The van der Waals surface area contributed by atoms with Gasteiger partial charge in [0, 0.05) is 5.41 Å². The number of carbonyl (C=O) groups excluding carboxylic acids is 1. The summed E-state index contributed by atoms with van der Waals surface area (Å²) in [6.45, 7) is 0.677. The predicted molar refractivity (Wildman–Crippen MR) is 48.1 cm³/mol. The molecule has 0 radical (unpaired) electrons. The molecule has 3 aliphatic rings. The number of carbonyl (C=O) groups is 1. The highest BCUT2D eigenvalue weighted by atomic mass is 16.5. The Kier molecular flexibility index (Phi) is 1.27. The zero-order valence-electron chi connectivity index (χ0n) is 7.71. The third-order valence-electron chi connectivity index (χ3n) is 4.29. The van der Waals surface area contributed by atoms with Gasteiger partial charge in [-0.3, -0.25) is 4.79 Å². The van der Waals surface area contributed by atoms with E-state index in [4.69, 9.17) is 4.74 Å². The van der Waals surface area contributed by atoms with Crippen LogP contribution in [0.4, 0.5) is 0 Å². The van der Waals surface area contributed by atoms with Gasteiger partial charge in [-0.2, -0.15) is 0 Å². The second-order valence-electron chi connectivity index (χ2n) is 4.67. The van der Waals surface area contributed by atoms with Gasteiger partial charge in [0.05, 0.1) is 12.0 Å². The summed E-state index contributed by atoms with van der Waals surface area (Å²) in [4.78, 5) is 11.8. The Morgan fingerprint density at radius 2 is 2.08 bits per heavy atom. The number of rotatable bonds is 0. The van der Waals surface area contributed by atoms with E-state index in [0.29, 0.717) is 6.61 Å². The number of allylic oxidation sites excluding steroid dienone is 2. The molecule has 70 valence electrons. The summed E-state index contributed by atoms with van der Waals surface area (Å²) >= 11 is 0. The maximum atomic E-state index is 11.8.